The third kappa shape index (κ3) is 3.19. The summed E-state index contributed by atoms with van der Waals surface area (Å²) < 4.78 is 46.9. The molecule has 0 bridgehead atoms. The van der Waals surface area contributed by atoms with E-state index >= 15 is 0 Å². The van der Waals surface area contributed by atoms with Gasteiger partial charge in [0.2, 0.25) is 0 Å². The van der Waals surface area contributed by atoms with Gasteiger partial charge in [-0.3, -0.25) is 0 Å². The normalized spacial score (nSPS) is 11.5. The summed E-state index contributed by atoms with van der Waals surface area (Å²) in [6.07, 6.45) is -2.95. The minimum absolute atomic E-state index is 0.282. The molecule has 7 heteroatoms. The number of methoxy groups -OCH3 is 1. The number of carbonyl (C=O) groups excluding carboxylic acids is 1. The van der Waals surface area contributed by atoms with Gasteiger partial charge in [-0.25, -0.2) is 4.79 Å². The Morgan fingerprint density at radius 3 is 2.38 bits per heavy atom. The summed E-state index contributed by atoms with van der Waals surface area (Å²) in [5.41, 5.74) is 1.91. The number of esters is 1. The zero-order chi connectivity index (χ0) is 17.3. The topological polar surface area (TPSA) is 40.5 Å². The number of aromatic nitrogens is 1. The van der Waals surface area contributed by atoms with Crippen molar-refractivity contribution >= 4 is 16.9 Å². The Bertz CT molecular complexity index is 882. The minimum atomic E-state index is -4.72. The first-order chi connectivity index (χ1) is 11.4. The van der Waals surface area contributed by atoms with Gasteiger partial charge in [0, 0.05) is 17.3 Å². The van der Waals surface area contributed by atoms with Gasteiger partial charge >= 0.3 is 12.3 Å². The minimum Gasteiger partial charge on any atom is -0.465 e. The fourth-order valence-electron chi connectivity index (χ4n) is 2.42. The van der Waals surface area contributed by atoms with E-state index in [0.29, 0.717) is 11.3 Å². The van der Waals surface area contributed by atoms with Crippen LogP contribution in [0.2, 0.25) is 0 Å². The number of fused-ring (bicyclic) bond motifs is 1. The molecule has 0 radical (unpaired) electrons. The number of benzene rings is 2. The Kier molecular flexibility index (Phi) is 3.92. The lowest BCUT2D eigenvalue weighted by atomic mass is 10.1. The number of carbonyl (C=O) groups is 1. The molecule has 0 spiro atoms. The molecule has 0 amide bonds. The van der Waals surface area contributed by atoms with Gasteiger partial charge in [-0.2, -0.15) is 0 Å². The summed E-state index contributed by atoms with van der Waals surface area (Å²) in [6.45, 7) is 0. The van der Waals surface area contributed by atoms with Crippen LogP contribution in [0.5, 0.6) is 5.75 Å². The third-order valence-corrected chi connectivity index (χ3v) is 3.46. The van der Waals surface area contributed by atoms with Crippen LogP contribution in [0, 0.1) is 0 Å². The second kappa shape index (κ2) is 5.92. The molecular formula is C17H12F3NO3. The van der Waals surface area contributed by atoms with Gasteiger partial charge in [0.05, 0.1) is 18.2 Å². The molecule has 0 unspecified atom stereocenters. The van der Waals surface area contributed by atoms with Crippen LogP contribution < -0.4 is 4.74 Å². The number of hydrogen-bond acceptors (Lipinski definition) is 3. The van der Waals surface area contributed by atoms with E-state index in [1.807, 2.05) is 6.07 Å². The molecule has 3 aromatic rings. The van der Waals surface area contributed by atoms with Crippen molar-refractivity contribution in [1.29, 1.82) is 0 Å². The summed E-state index contributed by atoms with van der Waals surface area (Å²) in [6, 6.07) is 12.4. The van der Waals surface area contributed by atoms with Gasteiger partial charge in [-0.1, -0.05) is 0 Å². The Morgan fingerprint density at radius 1 is 1.04 bits per heavy atom. The van der Waals surface area contributed by atoms with Crippen LogP contribution in [0.1, 0.15) is 10.4 Å². The zero-order valence-corrected chi connectivity index (χ0v) is 12.5. The van der Waals surface area contributed by atoms with Crippen molar-refractivity contribution in [2.75, 3.05) is 7.11 Å². The quantitative estimate of drug-likeness (QED) is 0.670. The van der Waals surface area contributed by atoms with Gasteiger partial charge in [0.1, 0.15) is 5.75 Å². The summed E-state index contributed by atoms with van der Waals surface area (Å²) in [4.78, 5) is 11.6. The van der Waals surface area contributed by atoms with Crippen molar-refractivity contribution < 1.29 is 27.4 Å². The lowest BCUT2D eigenvalue weighted by Gasteiger charge is -2.10. The molecule has 0 aliphatic heterocycles. The maximum Gasteiger partial charge on any atom is 0.573 e. The molecule has 0 saturated heterocycles. The van der Waals surface area contributed by atoms with Crippen molar-refractivity contribution in [3.05, 3.63) is 60.3 Å². The summed E-state index contributed by atoms with van der Waals surface area (Å²) in [5, 5.41) is 0.813. The maximum absolute atomic E-state index is 12.2. The van der Waals surface area contributed by atoms with Gasteiger partial charge in [0.15, 0.2) is 0 Å². The molecule has 0 atom stereocenters. The molecule has 2 aromatic carbocycles. The van der Waals surface area contributed by atoms with Crippen molar-refractivity contribution in [2.24, 2.45) is 0 Å². The van der Waals surface area contributed by atoms with Gasteiger partial charge < -0.3 is 14.0 Å². The van der Waals surface area contributed by atoms with E-state index in [0.717, 1.165) is 10.9 Å². The largest absolute Gasteiger partial charge is 0.573 e. The van der Waals surface area contributed by atoms with Gasteiger partial charge in [0.25, 0.3) is 0 Å². The van der Waals surface area contributed by atoms with Gasteiger partial charge in [-0.15, -0.1) is 13.2 Å². The average Bonchev–Trinajstić information content (AvgIpc) is 2.96. The predicted octanol–water partition coefficient (Wildman–Crippen LogP) is 4.32. The first kappa shape index (κ1) is 15.9. The first-order valence-electron chi connectivity index (χ1n) is 6.93. The Labute approximate surface area is 135 Å². The lowest BCUT2D eigenvalue weighted by molar-refractivity contribution is -0.274. The van der Waals surface area contributed by atoms with E-state index in [9.17, 15) is 18.0 Å². The second-order valence-electron chi connectivity index (χ2n) is 4.99. The number of nitrogens with zero attached hydrogens (tertiary/aromatic N) is 1. The molecule has 0 N–H and O–H groups in total. The molecule has 1 aromatic heterocycles. The standard InChI is InChI=1S/C17H12F3NO3/c1-23-16(22)12-2-7-15-11(10-12)8-9-21(15)13-3-5-14(6-4-13)24-17(18,19)20/h2-10H,1H3. The number of halogens is 3. The predicted molar refractivity (Wildman–Crippen MR) is 81.3 cm³/mol. The molecule has 4 nitrogen and oxygen atoms in total. The molecule has 0 aliphatic rings. The molecule has 24 heavy (non-hydrogen) atoms. The van der Waals surface area contributed by atoms with Crippen molar-refractivity contribution in [3.8, 4) is 11.4 Å². The zero-order valence-electron chi connectivity index (χ0n) is 12.5. The fraction of sp³-hybridized carbons (Fsp3) is 0.118. The summed E-state index contributed by atoms with van der Waals surface area (Å²) in [5.74, 6) is -0.714. The third-order valence-electron chi connectivity index (χ3n) is 3.46. The highest BCUT2D eigenvalue weighted by Gasteiger charge is 2.30. The van der Waals surface area contributed by atoms with E-state index in [-0.39, 0.29) is 5.75 Å². The second-order valence-corrected chi connectivity index (χ2v) is 4.99. The molecule has 124 valence electrons. The Balaban J connectivity index is 1.93. The highest BCUT2D eigenvalue weighted by atomic mass is 19.4. The van der Waals surface area contributed by atoms with Crippen LogP contribution in [0.4, 0.5) is 13.2 Å². The smallest absolute Gasteiger partial charge is 0.465 e. The van der Waals surface area contributed by atoms with E-state index < -0.39 is 12.3 Å². The number of ether oxygens (including phenoxy) is 2. The molecule has 1 heterocycles. The highest BCUT2D eigenvalue weighted by Crippen LogP contribution is 2.26. The van der Waals surface area contributed by atoms with Crippen molar-refractivity contribution in [3.63, 3.8) is 0 Å². The van der Waals surface area contributed by atoms with Gasteiger partial charge in [-0.05, 0) is 48.5 Å². The molecule has 0 saturated carbocycles. The number of alkyl halides is 3. The van der Waals surface area contributed by atoms with E-state index in [1.54, 1.807) is 29.0 Å². The SMILES string of the molecule is COC(=O)c1ccc2c(ccn2-c2ccc(OC(F)(F)F)cc2)c1. The fourth-order valence-corrected chi connectivity index (χ4v) is 2.42. The monoisotopic (exact) mass is 335 g/mol. The Hall–Kier alpha value is -2.96. The molecule has 3 rings (SSSR count). The Morgan fingerprint density at radius 2 is 1.75 bits per heavy atom. The summed E-state index contributed by atoms with van der Waals surface area (Å²) >= 11 is 0. The van der Waals surface area contributed by atoms with E-state index in [4.69, 9.17) is 0 Å². The van der Waals surface area contributed by atoms with E-state index in [1.165, 1.54) is 31.4 Å². The average molecular weight is 335 g/mol. The number of rotatable bonds is 3. The highest BCUT2D eigenvalue weighted by molar-refractivity contribution is 5.95. The van der Waals surface area contributed by atoms with Crippen LogP contribution in [0.25, 0.3) is 16.6 Å². The van der Waals surface area contributed by atoms with Crippen LogP contribution >= 0.6 is 0 Å². The lowest BCUT2D eigenvalue weighted by Crippen LogP contribution is -2.17. The summed E-state index contributed by atoms with van der Waals surface area (Å²) in [7, 11) is 1.31. The number of hydrogen-bond donors (Lipinski definition) is 0. The molecule has 0 aliphatic carbocycles. The van der Waals surface area contributed by atoms with Crippen molar-refractivity contribution in [2.45, 2.75) is 6.36 Å². The molecule has 0 fully saturated rings. The van der Waals surface area contributed by atoms with Crippen LogP contribution in [-0.4, -0.2) is 24.0 Å². The van der Waals surface area contributed by atoms with Crippen LogP contribution in [0.15, 0.2) is 54.7 Å². The molecular weight excluding hydrogens is 323 g/mol. The van der Waals surface area contributed by atoms with E-state index in [2.05, 4.69) is 9.47 Å². The maximum atomic E-state index is 12.2. The van der Waals surface area contributed by atoms with Crippen molar-refractivity contribution in [1.82, 2.24) is 4.57 Å². The van der Waals surface area contributed by atoms with Crippen LogP contribution in [0.3, 0.4) is 0 Å². The van der Waals surface area contributed by atoms with Crippen LogP contribution in [-0.2, 0) is 4.74 Å². The first-order valence-corrected chi connectivity index (χ1v) is 6.93.